The molecule has 0 fully saturated rings. The molecule has 0 spiro atoms. The molecule has 1 aromatic carbocycles. The van der Waals surface area contributed by atoms with E-state index in [1.807, 2.05) is 6.26 Å². The first kappa shape index (κ1) is 12.6. The van der Waals surface area contributed by atoms with Crippen molar-refractivity contribution in [3.63, 3.8) is 0 Å². The summed E-state index contributed by atoms with van der Waals surface area (Å²) in [5.74, 6) is 0.977. The van der Waals surface area contributed by atoms with Gasteiger partial charge in [0.15, 0.2) is 5.78 Å². The van der Waals surface area contributed by atoms with E-state index in [1.165, 1.54) is 6.92 Å². The Labute approximate surface area is 99.8 Å². The number of Topliss-reactive ketones (excluding diaryl/α,β-unsaturated/α-hetero) is 1. The Balaban J connectivity index is 2.92. The molecular formula is C12H14N2OS. The molecule has 0 atom stereocenters. The maximum absolute atomic E-state index is 11.4. The molecule has 0 aliphatic rings. The Morgan fingerprint density at radius 2 is 2.31 bits per heavy atom. The standard InChI is InChI=1S/C12H14N2OS/c1-9(15)11-4-3-10(8-13)7-12(11)14-5-6-16-2/h3-4,7,14H,5-6H2,1-2H3. The van der Waals surface area contributed by atoms with Gasteiger partial charge in [-0.15, -0.1) is 0 Å². The molecule has 1 rings (SSSR count). The molecule has 4 heteroatoms. The van der Waals surface area contributed by atoms with Crippen molar-refractivity contribution in [1.29, 1.82) is 5.26 Å². The van der Waals surface area contributed by atoms with E-state index >= 15 is 0 Å². The van der Waals surface area contributed by atoms with E-state index in [2.05, 4.69) is 11.4 Å². The molecule has 0 saturated carbocycles. The number of rotatable bonds is 5. The number of nitrogens with zero attached hydrogens (tertiary/aromatic N) is 1. The minimum atomic E-state index is 0.0103. The number of thioether (sulfide) groups is 1. The van der Waals surface area contributed by atoms with Gasteiger partial charge in [-0.25, -0.2) is 0 Å². The molecule has 0 aromatic heterocycles. The van der Waals surface area contributed by atoms with E-state index in [0.717, 1.165) is 18.0 Å². The molecule has 0 bridgehead atoms. The van der Waals surface area contributed by atoms with Crippen LogP contribution in [-0.4, -0.2) is 24.3 Å². The SMILES string of the molecule is CSCCNc1cc(C#N)ccc1C(C)=O. The van der Waals surface area contributed by atoms with Crippen molar-refractivity contribution in [2.45, 2.75) is 6.92 Å². The van der Waals surface area contributed by atoms with Gasteiger partial charge in [0.25, 0.3) is 0 Å². The van der Waals surface area contributed by atoms with Crippen molar-refractivity contribution >= 4 is 23.2 Å². The molecule has 3 nitrogen and oxygen atoms in total. The van der Waals surface area contributed by atoms with Gasteiger partial charge < -0.3 is 5.32 Å². The van der Waals surface area contributed by atoms with Crippen LogP contribution < -0.4 is 5.32 Å². The summed E-state index contributed by atoms with van der Waals surface area (Å²) in [4.78, 5) is 11.4. The van der Waals surface area contributed by atoms with Crippen molar-refractivity contribution in [2.24, 2.45) is 0 Å². The van der Waals surface area contributed by atoms with Gasteiger partial charge in [-0.2, -0.15) is 17.0 Å². The molecule has 0 saturated heterocycles. The van der Waals surface area contributed by atoms with Gasteiger partial charge >= 0.3 is 0 Å². The molecule has 1 aromatic rings. The van der Waals surface area contributed by atoms with Gasteiger partial charge in [0.1, 0.15) is 0 Å². The highest BCUT2D eigenvalue weighted by molar-refractivity contribution is 7.98. The second-order valence-corrected chi connectivity index (χ2v) is 4.33. The average molecular weight is 234 g/mol. The first-order chi connectivity index (χ1) is 7.69. The Morgan fingerprint density at radius 1 is 1.56 bits per heavy atom. The van der Waals surface area contributed by atoms with Crippen LogP contribution in [0.25, 0.3) is 0 Å². The summed E-state index contributed by atoms with van der Waals surface area (Å²) >= 11 is 1.73. The maximum Gasteiger partial charge on any atom is 0.161 e. The number of ketones is 1. The van der Waals surface area contributed by atoms with E-state index in [4.69, 9.17) is 5.26 Å². The zero-order valence-electron chi connectivity index (χ0n) is 9.41. The van der Waals surface area contributed by atoms with Gasteiger partial charge in [-0.3, -0.25) is 4.79 Å². The lowest BCUT2D eigenvalue weighted by molar-refractivity contribution is 0.101. The molecule has 0 amide bonds. The van der Waals surface area contributed by atoms with Crippen molar-refractivity contribution in [1.82, 2.24) is 0 Å². The number of hydrogen-bond acceptors (Lipinski definition) is 4. The molecule has 0 radical (unpaired) electrons. The number of nitrogens with one attached hydrogen (secondary N) is 1. The largest absolute Gasteiger partial charge is 0.384 e. The van der Waals surface area contributed by atoms with Crippen LogP contribution in [0.3, 0.4) is 0 Å². The van der Waals surface area contributed by atoms with Gasteiger partial charge in [0.2, 0.25) is 0 Å². The van der Waals surface area contributed by atoms with Gasteiger partial charge in [-0.05, 0) is 31.4 Å². The van der Waals surface area contributed by atoms with Crippen LogP contribution in [0.4, 0.5) is 5.69 Å². The van der Waals surface area contributed by atoms with E-state index in [9.17, 15) is 4.79 Å². The van der Waals surface area contributed by atoms with E-state index in [0.29, 0.717) is 11.1 Å². The fourth-order valence-corrected chi connectivity index (χ4v) is 1.66. The minimum absolute atomic E-state index is 0.0103. The van der Waals surface area contributed by atoms with E-state index in [-0.39, 0.29) is 5.78 Å². The number of hydrogen-bond donors (Lipinski definition) is 1. The zero-order chi connectivity index (χ0) is 12.0. The van der Waals surface area contributed by atoms with Crippen LogP contribution >= 0.6 is 11.8 Å². The second-order valence-electron chi connectivity index (χ2n) is 3.35. The van der Waals surface area contributed by atoms with Crippen molar-refractivity contribution in [3.05, 3.63) is 29.3 Å². The summed E-state index contributed by atoms with van der Waals surface area (Å²) < 4.78 is 0. The molecule has 0 aliphatic carbocycles. The fraction of sp³-hybridized carbons (Fsp3) is 0.333. The fourth-order valence-electron chi connectivity index (χ4n) is 1.35. The predicted molar refractivity (Wildman–Crippen MR) is 68.0 cm³/mol. The quantitative estimate of drug-likeness (QED) is 0.628. The molecule has 0 unspecified atom stereocenters. The first-order valence-electron chi connectivity index (χ1n) is 4.97. The predicted octanol–water partition coefficient (Wildman–Crippen LogP) is 2.54. The van der Waals surface area contributed by atoms with Gasteiger partial charge in [0.05, 0.1) is 11.6 Å². The van der Waals surface area contributed by atoms with Gasteiger partial charge in [0, 0.05) is 23.5 Å². The van der Waals surface area contributed by atoms with E-state index in [1.54, 1.807) is 30.0 Å². The topological polar surface area (TPSA) is 52.9 Å². The van der Waals surface area contributed by atoms with Crippen LogP contribution in [0.15, 0.2) is 18.2 Å². The number of nitriles is 1. The summed E-state index contributed by atoms with van der Waals surface area (Å²) in [7, 11) is 0. The summed E-state index contributed by atoms with van der Waals surface area (Å²) in [6.07, 6.45) is 2.03. The Hall–Kier alpha value is -1.47. The molecule has 84 valence electrons. The smallest absolute Gasteiger partial charge is 0.161 e. The molecule has 0 aliphatic heterocycles. The van der Waals surface area contributed by atoms with Crippen molar-refractivity contribution < 1.29 is 4.79 Å². The molecule has 16 heavy (non-hydrogen) atoms. The number of benzene rings is 1. The Kier molecular flexibility index (Phi) is 4.87. The molecule has 0 heterocycles. The average Bonchev–Trinajstić information content (AvgIpc) is 2.29. The minimum Gasteiger partial charge on any atom is -0.384 e. The summed E-state index contributed by atoms with van der Waals surface area (Å²) in [5, 5.41) is 12.0. The lowest BCUT2D eigenvalue weighted by Gasteiger charge is -2.09. The first-order valence-corrected chi connectivity index (χ1v) is 6.36. The monoisotopic (exact) mass is 234 g/mol. The number of carbonyl (C=O) groups excluding carboxylic acids is 1. The molecule has 1 N–H and O–H groups in total. The summed E-state index contributed by atoms with van der Waals surface area (Å²) in [6, 6.07) is 7.15. The third-order valence-corrected chi connectivity index (χ3v) is 2.76. The van der Waals surface area contributed by atoms with E-state index < -0.39 is 0 Å². The van der Waals surface area contributed by atoms with Crippen LogP contribution in [0.5, 0.6) is 0 Å². The van der Waals surface area contributed by atoms with Gasteiger partial charge in [-0.1, -0.05) is 0 Å². The highest BCUT2D eigenvalue weighted by atomic mass is 32.2. The highest BCUT2D eigenvalue weighted by Crippen LogP contribution is 2.18. The summed E-state index contributed by atoms with van der Waals surface area (Å²) in [5.41, 5.74) is 1.96. The van der Waals surface area contributed by atoms with Crippen LogP contribution in [-0.2, 0) is 0 Å². The number of anilines is 1. The molecular weight excluding hydrogens is 220 g/mol. The van der Waals surface area contributed by atoms with Crippen LogP contribution in [0, 0.1) is 11.3 Å². The Morgan fingerprint density at radius 3 is 2.88 bits per heavy atom. The van der Waals surface area contributed by atoms with Crippen LogP contribution in [0.2, 0.25) is 0 Å². The highest BCUT2D eigenvalue weighted by Gasteiger charge is 2.07. The van der Waals surface area contributed by atoms with Crippen LogP contribution in [0.1, 0.15) is 22.8 Å². The third-order valence-electron chi connectivity index (χ3n) is 2.15. The lowest BCUT2D eigenvalue weighted by atomic mass is 10.1. The Bertz CT molecular complexity index is 424. The van der Waals surface area contributed by atoms with Crippen molar-refractivity contribution in [2.75, 3.05) is 23.9 Å². The normalized spacial score (nSPS) is 9.56. The third kappa shape index (κ3) is 3.28. The second kappa shape index (κ2) is 6.19. The maximum atomic E-state index is 11.4. The number of carbonyl (C=O) groups is 1. The zero-order valence-corrected chi connectivity index (χ0v) is 10.2. The summed E-state index contributed by atoms with van der Waals surface area (Å²) in [6.45, 7) is 2.32. The van der Waals surface area contributed by atoms with Crippen molar-refractivity contribution in [3.8, 4) is 6.07 Å². The lowest BCUT2D eigenvalue weighted by Crippen LogP contribution is -2.08.